The fourth-order valence-electron chi connectivity index (χ4n) is 2.01. The molecule has 2 atom stereocenters. The fraction of sp³-hybridized carbons (Fsp3) is 0.636. The molecule has 0 radical (unpaired) electrons. The second-order valence-corrected chi connectivity index (χ2v) is 4.49. The van der Waals surface area contributed by atoms with Gasteiger partial charge in [-0.15, -0.1) is 0 Å². The predicted molar refractivity (Wildman–Crippen MR) is 63.2 cm³/mol. The first-order chi connectivity index (χ1) is 7.59. The van der Waals surface area contributed by atoms with E-state index in [-0.39, 0.29) is 6.10 Å². The Bertz CT molecular complexity index is 382. The molecule has 2 heterocycles. The third-order valence-electron chi connectivity index (χ3n) is 3.31. The number of aliphatic hydroxyl groups excluding tert-OH is 1. The molecule has 1 saturated heterocycles. The van der Waals surface area contributed by atoms with Gasteiger partial charge in [-0.05, 0) is 19.3 Å². The number of hydrogen-bond acceptors (Lipinski definition) is 5. The molecule has 0 spiro atoms. The molecule has 0 bridgehead atoms. The molecule has 5 heteroatoms. The maximum Gasteiger partial charge on any atom is 0.137 e. The number of nitrogens with zero attached hydrogens (tertiary/aromatic N) is 3. The molecule has 5 nitrogen and oxygen atoms in total. The minimum Gasteiger partial charge on any atom is -0.391 e. The number of rotatable bonds is 1. The highest BCUT2D eigenvalue weighted by atomic mass is 16.3. The van der Waals surface area contributed by atoms with Crippen LogP contribution >= 0.6 is 0 Å². The van der Waals surface area contributed by atoms with Gasteiger partial charge in [-0.25, -0.2) is 9.97 Å². The van der Waals surface area contributed by atoms with Crippen molar-refractivity contribution in [3.63, 3.8) is 0 Å². The molecule has 88 valence electrons. The van der Waals surface area contributed by atoms with Crippen molar-refractivity contribution in [3.8, 4) is 0 Å². The van der Waals surface area contributed by atoms with Crippen LogP contribution in [0.5, 0.6) is 0 Å². The van der Waals surface area contributed by atoms with Crippen LogP contribution in [0.3, 0.4) is 0 Å². The van der Waals surface area contributed by atoms with Gasteiger partial charge in [0.25, 0.3) is 0 Å². The summed E-state index contributed by atoms with van der Waals surface area (Å²) in [5, 5.41) is 9.85. The molecule has 1 aromatic rings. The van der Waals surface area contributed by atoms with E-state index in [4.69, 9.17) is 5.73 Å². The summed E-state index contributed by atoms with van der Waals surface area (Å²) in [7, 11) is 0. The van der Waals surface area contributed by atoms with Gasteiger partial charge in [-0.1, -0.05) is 6.92 Å². The first-order valence-corrected chi connectivity index (χ1v) is 5.59. The monoisotopic (exact) mass is 222 g/mol. The van der Waals surface area contributed by atoms with Crippen LogP contribution < -0.4 is 10.6 Å². The minimum atomic E-state index is -0.288. The highest BCUT2D eigenvalue weighted by Gasteiger charge is 2.26. The van der Waals surface area contributed by atoms with Crippen molar-refractivity contribution in [1.29, 1.82) is 0 Å². The van der Waals surface area contributed by atoms with Gasteiger partial charge in [-0.3, -0.25) is 0 Å². The Hall–Kier alpha value is -1.36. The molecular formula is C11H18N4O. The van der Waals surface area contributed by atoms with Gasteiger partial charge in [0.1, 0.15) is 18.0 Å². The predicted octanol–water partition coefficient (Wildman–Crippen LogP) is 0.574. The maximum absolute atomic E-state index is 9.85. The molecular weight excluding hydrogens is 204 g/mol. The summed E-state index contributed by atoms with van der Waals surface area (Å²) in [5.41, 5.74) is 6.64. The van der Waals surface area contributed by atoms with Crippen molar-refractivity contribution in [1.82, 2.24) is 9.97 Å². The minimum absolute atomic E-state index is 0.288. The summed E-state index contributed by atoms with van der Waals surface area (Å²) in [5.74, 6) is 1.72. The summed E-state index contributed by atoms with van der Waals surface area (Å²) >= 11 is 0. The highest BCUT2D eigenvalue weighted by molar-refractivity contribution is 5.55. The molecule has 0 saturated carbocycles. The second kappa shape index (κ2) is 4.25. The topological polar surface area (TPSA) is 75.3 Å². The standard InChI is InChI=1S/C11H18N4O/c1-7-3-4-15(5-9(7)16)11-8(2)10(12)13-6-14-11/h6-7,9,16H,3-5H2,1-2H3,(H2,12,13,14). The van der Waals surface area contributed by atoms with Gasteiger partial charge in [0.2, 0.25) is 0 Å². The number of anilines is 2. The number of nitrogens with two attached hydrogens (primary N) is 1. The van der Waals surface area contributed by atoms with E-state index in [1.807, 2.05) is 6.92 Å². The summed E-state index contributed by atoms with van der Waals surface area (Å²) < 4.78 is 0. The Labute approximate surface area is 95.3 Å². The van der Waals surface area contributed by atoms with Crippen LogP contribution in [0.1, 0.15) is 18.9 Å². The molecule has 2 rings (SSSR count). The van der Waals surface area contributed by atoms with Crippen molar-refractivity contribution >= 4 is 11.6 Å². The van der Waals surface area contributed by atoms with E-state index in [1.54, 1.807) is 0 Å². The second-order valence-electron chi connectivity index (χ2n) is 4.49. The Balaban J connectivity index is 2.22. The lowest BCUT2D eigenvalue weighted by molar-refractivity contribution is 0.102. The van der Waals surface area contributed by atoms with Crippen LogP contribution in [0.4, 0.5) is 11.6 Å². The largest absolute Gasteiger partial charge is 0.391 e. The average molecular weight is 222 g/mol. The SMILES string of the molecule is Cc1c(N)ncnc1N1CCC(C)C(O)C1. The smallest absolute Gasteiger partial charge is 0.137 e. The van der Waals surface area contributed by atoms with Crippen molar-refractivity contribution in [2.45, 2.75) is 26.4 Å². The quantitative estimate of drug-likeness (QED) is 0.726. The molecule has 0 aliphatic carbocycles. The Morgan fingerprint density at radius 2 is 2.25 bits per heavy atom. The first kappa shape index (κ1) is 11.1. The van der Waals surface area contributed by atoms with Gasteiger partial charge in [0.15, 0.2) is 0 Å². The van der Waals surface area contributed by atoms with E-state index in [1.165, 1.54) is 6.33 Å². The van der Waals surface area contributed by atoms with Gasteiger partial charge in [0, 0.05) is 18.7 Å². The third kappa shape index (κ3) is 1.95. The lowest BCUT2D eigenvalue weighted by Gasteiger charge is -2.35. The van der Waals surface area contributed by atoms with E-state index in [2.05, 4.69) is 21.8 Å². The number of β-amino-alcohol motifs (C(OH)–C–C–N with tert-alkyl or cyclic N) is 1. The van der Waals surface area contributed by atoms with Gasteiger partial charge >= 0.3 is 0 Å². The zero-order chi connectivity index (χ0) is 11.7. The maximum atomic E-state index is 9.85. The number of hydrogen-bond donors (Lipinski definition) is 2. The highest BCUT2D eigenvalue weighted by Crippen LogP contribution is 2.25. The zero-order valence-electron chi connectivity index (χ0n) is 9.72. The van der Waals surface area contributed by atoms with Gasteiger partial charge in [0.05, 0.1) is 6.10 Å². The first-order valence-electron chi connectivity index (χ1n) is 5.59. The lowest BCUT2D eigenvalue weighted by atomic mass is 9.96. The average Bonchev–Trinajstić information content (AvgIpc) is 2.26. The normalized spacial score (nSPS) is 25.8. The molecule has 1 aromatic heterocycles. The number of aliphatic hydroxyl groups is 1. The van der Waals surface area contributed by atoms with Crippen LogP contribution in [0.2, 0.25) is 0 Å². The molecule has 3 N–H and O–H groups in total. The third-order valence-corrected chi connectivity index (χ3v) is 3.31. The number of nitrogen functional groups attached to an aromatic ring is 1. The van der Waals surface area contributed by atoms with E-state index in [0.29, 0.717) is 18.3 Å². The van der Waals surface area contributed by atoms with E-state index in [0.717, 1.165) is 24.3 Å². The van der Waals surface area contributed by atoms with Crippen LogP contribution in [0, 0.1) is 12.8 Å². The van der Waals surface area contributed by atoms with Crippen LogP contribution in [-0.2, 0) is 0 Å². The van der Waals surface area contributed by atoms with Gasteiger partial charge in [-0.2, -0.15) is 0 Å². The Morgan fingerprint density at radius 1 is 1.50 bits per heavy atom. The lowest BCUT2D eigenvalue weighted by Crippen LogP contribution is -2.43. The van der Waals surface area contributed by atoms with E-state index < -0.39 is 0 Å². The summed E-state index contributed by atoms with van der Waals surface area (Å²) in [6, 6.07) is 0. The van der Waals surface area contributed by atoms with E-state index >= 15 is 0 Å². The molecule has 1 fully saturated rings. The number of piperidine rings is 1. The van der Waals surface area contributed by atoms with Crippen molar-refractivity contribution in [2.24, 2.45) is 5.92 Å². The van der Waals surface area contributed by atoms with E-state index in [9.17, 15) is 5.11 Å². The Kier molecular flexibility index (Phi) is 2.96. The van der Waals surface area contributed by atoms with Crippen LogP contribution in [0.25, 0.3) is 0 Å². The van der Waals surface area contributed by atoms with Crippen molar-refractivity contribution in [3.05, 3.63) is 11.9 Å². The Morgan fingerprint density at radius 3 is 2.94 bits per heavy atom. The zero-order valence-corrected chi connectivity index (χ0v) is 9.72. The molecule has 1 aliphatic rings. The summed E-state index contributed by atoms with van der Waals surface area (Å²) in [6.45, 7) is 5.52. The fourth-order valence-corrected chi connectivity index (χ4v) is 2.01. The molecule has 16 heavy (non-hydrogen) atoms. The van der Waals surface area contributed by atoms with Gasteiger partial charge < -0.3 is 15.7 Å². The number of aromatic nitrogens is 2. The van der Waals surface area contributed by atoms with Crippen molar-refractivity contribution in [2.75, 3.05) is 23.7 Å². The molecule has 2 unspecified atom stereocenters. The summed E-state index contributed by atoms with van der Waals surface area (Å²) in [4.78, 5) is 10.3. The van der Waals surface area contributed by atoms with Crippen LogP contribution in [-0.4, -0.2) is 34.3 Å². The molecule has 0 aromatic carbocycles. The molecule has 1 aliphatic heterocycles. The summed E-state index contributed by atoms with van der Waals surface area (Å²) in [6.07, 6.45) is 2.16. The van der Waals surface area contributed by atoms with Crippen LogP contribution in [0.15, 0.2) is 6.33 Å². The molecule has 0 amide bonds. The van der Waals surface area contributed by atoms with Crippen molar-refractivity contribution < 1.29 is 5.11 Å².